The summed E-state index contributed by atoms with van der Waals surface area (Å²) in [6.45, 7) is 4.30. The zero-order chi connectivity index (χ0) is 10.3. The fraction of sp³-hybridized carbons (Fsp3) is 0.417. The second kappa shape index (κ2) is 3.35. The molecule has 1 aromatic heterocycles. The fourth-order valence-corrected chi connectivity index (χ4v) is 2.31. The SMILES string of the molecule is Cc1ccc2c(c1)ncn2C1CCNC1. The number of hydrogen-bond acceptors (Lipinski definition) is 2. The van der Waals surface area contributed by atoms with Crippen LogP contribution in [0.1, 0.15) is 18.0 Å². The Bertz CT molecular complexity index is 481. The van der Waals surface area contributed by atoms with Gasteiger partial charge in [-0.05, 0) is 37.6 Å². The summed E-state index contributed by atoms with van der Waals surface area (Å²) < 4.78 is 2.30. The Morgan fingerprint density at radius 1 is 1.47 bits per heavy atom. The summed E-state index contributed by atoms with van der Waals surface area (Å²) in [5.41, 5.74) is 3.65. The number of benzene rings is 1. The molecule has 1 aliphatic heterocycles. The van der Waals surface area contributed by atoms with Crippen molar-refractivity contribution >= 4 is 11.0 Å². The van der Waals surface area contributed by atoms with Gasteiger partial charge in [-0.2, -0.15) is 0 Å². The van der Waals surface area contributed by atoms with Gasteiger partial charge < -0.3 is 9.88 Å². The number of rotatable bonds is 1. The average Bonchev–Trinajstić information content (AvgIpc) is 2.82. The molecule has 0 bridgehead atoms. The molecule has 2 heterocycles. The number of nitrogens with one attached hydrogen (secondary N) is 1. The molecule has 15 heavy (non-hydrogen) atoms. The van der Waals surface area contributed by atoms with Gasteiger partial charge in [0.25, 0.3) is 0 Å². The molecule has 3 heteroatoms. The van der Waals surface area contributed by atoms with E-state index in [-0.39, 0.29) is 0 Å². The molecule has 3 rings (SSSR count). The summed E-state index contributed by atoms with van der Waals surface area (Å²) >= 11 is 0. The third-order valence-corrected chi connectivity index (χ3v) is 3.16. The van der Waals surface area contributed by atoms with Crippen molar-refractivity contribution in [1.29, 1.82) is 0 Å². The van der Waals surface area contributed by atoms with E-state index in [1.807, 2.05) is 6.33 Å². The molecule has 0 spiro atoms. The van der Waals surface area contributed by atoms with E-state index < -0.39 is 0 Å². The summed E-state index contributed by atoms with van der Waals surface area (Å²) in [5, 5.41) is 3.39. The lowest BCUT2D eigenvalue weighted by molar-refractivity contribution is 0.561. The van der Waals surface area contributed by atoms with Gasteiger partial charge in [-0.3, -0.25) is 0 Å². The lowest BCUT2D eigenvalue weighted by atomic mass is 10.2. The van der Waals surface area contributed by atoms with Crippen molar-refractivity contribution in [2.75, 3.05) is 13.1 Å². The van der Waals surface area contributed by atoms with Crippen LogP contribution >= 0.6 is 0 Å². The van der Waals surface area contributed by atoms with Crippen molar-refractivity contribution < 1.29 is 0 Å². The second-order valence-corrected chi connectivity index (χ2v) is 4.29. The number of aromatic nitrogens is 2. The minimum absolute atomic E-state index is 0.581. The third-order valence-electron chi connectivity index (χ3n) is 3.16. The second-order valence-electron chi connectivity index (χ2n) is 4.29. The van der Waals surface area contributed by atoms with Crippen molar-refractivity contribution in [3.8, 4) is 0 Å². The van der Waals surface area contributed by atoms with Crippen LogP contribution in [0.15, 0.2) is 24.5 Å². The van der Waals surface area contributed by atoms with E-state index in [1.165, 1.54) is 17.5 Å². The van der Waals surface area contributed by atoms with Gasteiger partial charge in [-0.15, -0.1) is 0 Å². The normalized spacial score (nSPS) is 21.3. The first-order chi connectivity index (χ1) is 7.34. The molecule has 0 amide bonds. The minimum Gasteiger partial charge on any atom is -0.326 e. The Morgan fingerprint density at radius 3 is 3.20 bits per heavy atom. The van der Waals surface area contributed by atoms with Crippen LogP contribution in [0.25, 0.3) is 11.0 Å². The van der Waals surface area contributed by atoms with Crippen LogP contribution in [0, 0.1) is 6.92 Å². The molecule has 1 aliphatic rings. The number of imidazole rings is 1. The summed E-state index contributed by atoms with van der Waals surface area (Å²) in [5.74, 6) is 0. The Hall–Kier alpha value is -1.35. The molecule has 0 saturated carbocycles. The number of aryl methyl sites for hydroxylation is 1. The highest BCUT2D eigenvalue weighted by atomic mass is 15.1. The van der Waals surface area contributed by atoms with Gasteiger partial charge >= 0.3 is 0 Å². The third kappa shape index (κ3) is 1.43. The van der Waals surface area contributed by atoms with E-state index in [0.29, 0.717) is 6.04 Å². The molecule has 1 unspecified atom stereocenters. The average molecular weight is 201 g/mol. The van der Waals surface area contributed by atoms with Gasteiger partial charge in [0.15, 0.2) is 0 Å². The molecule has 1 saturated heterocycles. The summed E-state index contributed by atoms with van der Waals surface area (Å²) in [4.78, 5) is 4.46. The fourth-order valence-electron chi connectivity index (χ4n) is 2.31. The predicted octanol–water partition coefficient (Wildman–Crippen LogP) is 1.88. The van der Waals surface area contributed by atoms with E-state index in [4.69, 9.17) is 0 Å². The quantitative estimate of drug-likeness (QED) is 0.763. The molecule has 2 aromatic rings. The lowest BCUT2D eigenvalue weighted by Crippen LogP contribution is -2.12. The highest BCUT2D eigenvalue weighted by Gasteiger charge is 2.17. The maximum absolute atomic E-state index is 4.46. The van der Waals surface area contributed by atoms with E-state index in [9.17, 15) is 0 Å². The number of nitrogens with zero attached hydrogens (tertiary/aromatic N) is 2. The number of fused-ring (bicyclic) bond motifs is 1. The van der Waals surface area contributed by atoms with Gasteiger partial charge in [0.1, 0.15) is 0 Å². The Balaban J connectivity index is 2.11. The predicted molar refractivity (Wildman–Crippen MR) is 61.0 cm³/mol. The Morgan fingerprint density at radius 2 is 2.40 bits per heavy atom. The maximum Gasteiger partial charge on any atom is 0.0961 e. The summed E-state index contributed by atoms with van der Waals surface area (Å²) in [7, 11) is 0. The zero-order valence-electron chi connectivity index (χ0n) is 8.90. The zero-order valence-corrected chi connectivity index (χ0v) is 8.90. The standard InChI is InChI=1S/C12H15N3/c1-9-2-3-12-11(6-9)14-8-15(12)10-4-5-13-7-10/h2-3,6,8,10,13H,4-5,7H2,1H3. The van der Waals surface area contributed by atoms with Crippen LogP contribution in [-0.2, 0) is 0 Å². The summed E-state index contributed by atoms with van der Waals surface area (Å²) in [6, 6.07) is 7.06. The molecule has 1 N–H and O–H groups in total. The molecule has 0 radical (unpaired) electrons. The van der Waals surface area contributed by atoms with Crippen LogP contribution in [0.4, 0.5) is 0 Å². The molecule has 1 fully saturated rings. The van der Waals surface area contributed by atoms with Gasteiger partial charge in [-0.25, -0.2) is 4.98 Å². The van der Waals surface area contributed by atoms with Gasteiger partial charge in [0.2, 0.25) is 0 Å². The van der Waals surface area contributed by atoms with Crippen LogP contribution in [-0.4, -0.2) is 22.6 Å². The minimum atomic E-state index is 0.581. The molecular formula is C12H15N3. The van der Waals surface area contributed by atoms with Crippen LogP contribution in [0.2, 0.25) is 0 Å². The van der Waals surface area contributed by atoms with E-state index in [2.05, 4.69) is 40.0 Å². The van der Waals surface area contributed by atoms with Crippen molar-refractivity contribution in [2.24, 2.45) is 0 Å². The Labute approximate surface area is 89.1 Å². The molecular weight excluding hydrogens is 186 g/mol. The van der Waals surface area contributed by atoms with E-state index >= 15 is 0 Å². The van der Waals surface area contributed by atoms with Crippen molar-refractivity contribution in [3.63, 3.8) is 0 Å². The smallest absolute Gasteiger partial charge is 0.0961 e. The molecule has 1 atom stereocenters. The monoisotopic (exact) mass is 201 g/mol. The topological polar surface area (TPSA) is 29.9 Å². The van der Waals surface area contributed by atoms with Crippen molar-refractivity contribution in [2.45, 2.75) is 19.4 Å². The van der Waals surface area contributed by atoms with E-state index in [0.717, 1.165) is 18.6 Å². The first kappa shape index (κ1) is 8.92. The van der Waals surface area contributed by atoms with Gasteiger partial charge in [0, 0.05) is 12.6 Å². The maximum atomic E-state index is 4.46. The van der Waals surface area contributed by atoms with Crippen molar-refractivity contribution in [1.82, 2.24) is 14.9 Å². The van der Waals surface area contributed by atoms with Crippen LogP contribution in [0.3, 0.4) is 0 Å². The summed E-state index contributed by atoms with van der Waals surface area (Å²) in [6.07, 6.45) is 3.18. The lowest BCUT2D eigenvalue weighted by Gasteiger charge is -2.11. The van der Waals surface area contributed by atoms with Gasteiger partial charge in [-0.1, -0.05) is 6.07 Å². The molecule has 78 valence electrons. The van der Waals surface area contributed by atoms with Crippen LogP contribution in [0.5, 0.6) is 0 Å². The largest absolute Gasteiger partial charge is 0.326 e. The van der Waals surface area contributed by atoms with Crippen LogP contribution < -0.4 is 5.32 Å². The number of hydrogen-bond donors (Lipinski definition) is 1. The molecule has 1 aromatic carbocycles. The first-order valence-electron chi connectivity index (χ1n) is 5.48. The van der Waals surface area contributed by atoms with E-state index in [1.54, 1.807) is 0 Å². The van der Waals surface area contributed by atoms with Crippen molar-refractivity contribution in [3.05, 3.63) is 30.1 Å². The molecule has 3 nitrogen and oxygen atoms in total. The highest BCUT2D eigenvalue weighted by Crippen LogP contribution is 2.22. The first-order valence-corrected chi connectivity index (χ1v) is 5.48. The molecule has 0 aliphatic carbocycles. The van der Waals surface area contributed by atoms with Gasteiger partial charge in [0.05, 0.1) is 17.4 Å². The Kier molecular flexibility index (Phi) is 1.99. The highest BCUT2D eigenvalue weighted by molar-refractivity contribution is 5.76.